The predicted molar refractivity (Wildman–Crippen MR) is 119 cm³/mol. The molecule has 9 heteroatoms. The van der Waals surface area contributed by atoms with Crippen LogP contribution < -0.4 is 5.73 Å². The molecule has 0 aliphatic heterocycles. The number of aromatic nitrogens is 2. The van der Waals surface area contributed by atoms with Crippen LogP contribution in [0.2, 0.25) is 5.15 Å². The Balaban J connectivity index is 2.19. The molecule has 0 bridgehead atoms. The second kappa shape index (κ2) is 8.72. The molecular weight excluding hydrogens is 438 g/mol. The Hall–Kier alpha value is -2.84. The molecule has 0 saturated carbocycles. The summed E-state index contributed by atoms with van der Waals surface area (Å²) in [6.45, 7) is 5.98. The van der Waals surface area contributed by atoms with E-state index in [0.717, 1.165) is 5.56 Å². The number of pyridine rings is 1. The Labute approximate surface area is 186 Å². The highest BCUT2D eigenvalue weighted by atomic mass is 35.5. The molecular formula is C22H24ClN3O4S. The number of rotatable bonds is 6. The molecule has 3 rings (SSSR count). The van der Waals surface area contributed by atoms with Gasteiger partial charge in [0, 0.05) is 18.3 Å². The highest BCUT2D eigenvalue weighted by molar-refractivity contribution is 7.90. The topological polar surface area (TPSA) is 104 Å². The molecule has 0 aliphatic carbocycles. The first-order valence-corrected chi connectivity index (χ1v) is 11.4. The number of nitrogens with two attached hydrogens (primary N) is 1. The van der Waals surface area contributed by atoms with Gasteiger partial charge in [0.25, 0.3) is 10.0 Å². The summed E-state index contributed by atoms with van der Waals surface area (Å²) in [6, 6.07) is 13.8. The van der Waals surface area contributed by atoms with Crippen molar-refractivity contribution in [2.75, 3.05) is 6.61 Å². The van der Waals surface area contributed by atoms with Crippen molar-refractivity contribution in [3.05, 3.63) is 71.6 Å². The van der Waals surface area contributed by atoms with Gasteiger partial charge in [0.2, 0.25) is 0 Å². The lowest BCUT2D eigenvalue weighted by Gasteiger charge is -2.29. The van der Waals surface area contributed by atoms with Crippen molar-refractivity contribution in [2.24, 2.45) is 11.1 Å². The molecule has 7 nitrogen and oxygen atoms in total. The molecule has 2 aromatic heterocycles. The van der Waals surface area contributed by atoms with Gasteiger partial charge in [-0.25, -0.2) is 22.2 Å². The average Bonchev–Trinajstić information content (AvgIpc) is 3.13. The molecule has 1 aromatic carbocycles. The SMILES string of the molecule is CC(C)(C)C(COC(N)=O)c1cc(-c2ccccc2)n(S(=O)(=O)c2ccc(Cl)nc2)c1. The predicted octanol–water partition coefficient (Wildman–Crippen LogP) is 4.67. The molecule has 164 valence electrons. The van der Waals surface area contributed by atoms with Crippen LogP contribution in [0.3, 0.4) is 0 Å². The van der Waals surface area contributed by atoms with Crippen molar-refractivity contribution in [3.8, 4) is 11.3 Å². The summed E-state index contributed by atoms with van der Waals surface area (Å²) in [5.41, 5.74) is 6.75. The number of ether oxygens (including phenoxy) is 1. The van der Waals surface area contributed by atoms with Crippen LogP contribution in [0.15, 0.2) is 65.8 Å². The normalized spacial score (nSPS) is 13.0. The third kappa shape index (κ3) is 5.08. The molecule has 2 N–H and O–H groups in total. The van der Waals surface area contributed by atoms with Crippen LogP contribution in [0.1, 0.15) is 32.3 Å². The highest BCUT2D eigenvalue weighted by Crippen LogP contribution is 2.39. The maximum Gasteiger partial charge on any atom is 0.404 e. The summed E-state index contributed by atoms with van der Waals surface area (Å²) in [6.07, 6.45) is 1.91. The third-order valence-electron chi connectivity index (χ3n) is 4.97. The second-order valence-corrected chi connectivity index (χ2v) is 10.4. The molecule has 2 heterocycles. The summed E-state index contributed by atoms with van der Waals surface area (Å²) >= 11 is 5.83. The molecule has 0 radical (unpaired) electrons. The van der Waals surface area contributed by atoms with Gasteiger partial charge in [0.15, 0.2) is 0 Å². The van der Waals surface area contributed by atoms with Crippen molar-refractivity contribution in [3.63, 3.8) is 0 Å². The third-order valence-corrected chi connectivity index (χ3v) is 6.85. The maximum absolute atomic E-state index is 13.5. The first-order chi connectivity index (χ1) is 14.5. The molecule has 1 atom stereocenters. The monoisotopic (exact) mass is 461 g/mol. The summed E-state index contributed by atoms with van der Waals surface area (Å²) in [4.78, 5) is 15.1. The van der Waals surface area contributed by atoms with E-state index in [1.165, 1.54) is 22.3 Å². The van der Waals surface area contributed by atoms with Gasteiger partial charge in [0.05, 0.1) is 5.69 Å². The van der Waals surface area contributed by atoms with Crippen molar-refractivity contribution in [2.45, 2.75) is 31.6 Å². The number of hydrogen-bond acceptors (Lipinski definition) is 5. The van der Waals surface area contributed by atoms with Crippen LogP contribution in [0, 0.1) is 5.41 Å². The quantitative estimate of drug-likeness (QED) is 0.537. The van der Waals surface area contributed by atoms with Gasteiger partial charge >= 0.3 is 6.09 Å². The molecule has 0 fully saturated rings. The summed E-state index contributed by atoms with van der Waals surface area (Å²) in [5.74, 6) is -0.290. The van der Waals surface area contributed by atoms with E-state index >= 15 is 0 Å². The van der Waals surface area contributed by atoms with E-state index in [9.17, 15) is 13.2 Å². The first-order valence-electron chi connectivity index (χ1n) is 9.57. The van der Waals surface area contributed by atoms with Gasteiger partial charge in [-0.05, 0) is 34.7 Å². The molecule has 1 amide bonds. The van der Waals surface area contributed by atoms with Crippen LogP contribution >= 0.6 is 11.6 Å². The Morgan fingerprint density at radius 1 is 1.19 bits per heavy atom. The van der Waals surface area contributed by atoms with E-state index in [1.807, 2.05) is 51.1 Å². The highest BCUT2D eigenvalue weighted by Gasteiger charge is 2.31. The van der Waals surface area contributed by atoms with Gasteiger partial charge in [-0.15, -0.1) is 0 Å². The largest absolute Gasteiger partial charge is 0.449 e. The minimum atomic E-state index is -3.96. The average molecular weight is 462 g/mol. The summed E-state index contributed by atoms with van der Waals surface area (Å²) < 4.78 is 33.2. The lowest BCUT2D eigenvalue weighted by molar-refractivity contribution is 0.126. The van der Waals surface area contributed by atoms with Crippen molar-refractivity contribution in [1.82, 2.24) is 8.96 Å². The summed E-state index contributed by atoms with van der Waals surface area (Å²) in [7, 11) is -3.96. The molecule has 0 spiro atoms. The van der Waals surface area contributed by atoms with Gasteiger partial charge < -0.3 is 10.5 Å². The molecule has 0 saturated heterocycles. The Bertz CT molecular complexity index is 1170. The van der Waals surface area contributed by atoms with Crippen LogP contribution in [-0.2, 0) is 14.8 Å². The smallest absolute Gasteiger partial charge is 0.404 e. The molecule has 1 unspecified atom stereocenters. The van der Waals surface area contributed by atoms with E-state index in [4.69, 9.17) is 22.1 Å². The van der Waals surface area contributed by atoms with Gasteiger partial charge in [-0.2, -0.15) is 0 Å². The fourth-order valence-corrected chi connectivity index (χ4v) is 4.76. The number of halogens is 1. The number of carbonyl (C=O) groups excluding carboxylic acids is 1. The lowest BCUT2D eigenvalue weighted by Crippen LogP contribution is -2.26. The lowest BCUT2D eigenvalue weighted by atomic mass is 9.77. The number of benzene rings is 1. The Kier molecular flexibility index (Phi) is 6.43. The fourth-order valence-electron chi connectivity index (χ4n) is 3.31. The van der Waals surface area contributed by atoms with Crippen LogP contribution in [0.4, 0.5) is 4.79 Å². The van der Waals surface area contributed by atoms with Crippen LogP contribution in [0.5, 0.6) is 0 Å². The van der Waals surface area contributed by atoms with Gasteiger partial charge in [0.1, 0.15) is 16.7 Å². The van der Waals surface area contributed by atoms with Crippen molar-refractivity contribution in [1.29, 1.82) is 0 Å². The zero-order valence-corrected chi connectivity index (χ0v) is 19.0. The van der Waals surface area contributed by atoms with E-state index in [0.29, 0.717) is 11.3 Å². The van der Waals surface area contributed by atoms with Gasteiger partial charge in [-0.3, -0.25) is 0 Å². The van der Waals surface area contributed by atoms with Crippen molar-refractivity contribution >= 4 is 27.7 Å². The zero-order chi connectivity index (χ0) is 22.8. The fraction of sp³-hybridized carbons (Fsp3) is 0.273. The number of nitrogens with zero attached hydrogens (tertiary/aromatic N) is 2. The van der Waals surface area contributed by atoms with E-state index < -0.39 is 16.1 Å². The Morgan fingerprint density at radius 2 is 1.87 bits per heavy atom. The minimum Gasteiger partial charge on any atom is -0.449 e. The molecule has 3 aromatic rings. The Morgan fingerprint density at radius 3 is 2.42 bits per heavy atom. The number of amides is 1. The number of primary amides is 1. The van der Waals surface area contributed by atoms with Crippen LogP contribution in [0.25, 0.3) is 11.3 Å². The number of hydrogen-bond donors (Lipinski definition) is 1. The second-order valence-electron chi connectivity index (χ2n) is 8.19. The minimum absolute atomic E-state index is 0.0110. The molecule has 31 heavy (non-hydrogen) atoms. The van der Waals surface area contributed by atoms with E-state index in [1.54, 1.807) is 12.3 Å². The first kappa shape index (κ1) is 22.8. The van der Waals surface area contributed by atoms with E-state index in [-0.39, 0.29) is 28.0 Å². The maximum atomic E-state index is 13.5. The van der Waals surface area contributed by atoms with Crippen molar-refractivity contribution < 1.29 is 17.9 Å². The molecule has 0 aliphatic rings. The standard InChI is InChI=1S/C22H24ClN3O4S/c1-22(2,3)18(14-30-21(24)27)16-11-19(15-7-5-4-6-8-15)26(13-16)31(28,29)17-9-10-20(23)25-12-17/h4-13,18H,14H2,1-3H3,(H2,24,27). The van der Waals surface area contributed by atoms with Gasteiger partial charge in [-0.1, -0.05) is 62.7 Å². The van der Waals surface area contributed by atoms with E-state index in [2.05, 4.69) is 4.98 Å². The zero-order valence-electron chi connectivity index (χ0n) is 17.4. The van der Waals surface area contributed by atoms with Crippen LogP contribution in [-0.4, -0.2) is 30.1 Å². The number of carbonyl (C=O) groups is 1. The summed E-state index contributed by atoms with van der Waals surface area (Å²) in [5, 5.41) is 0.201.